The maximum absolute atomic E-state index is 12.1. The zero-order valence-corrected chi connectivity index (χ0v) is 11.7. The Labute approximate surface area is 120 Å². The van der Waals surface area contributed by atoms with E-state index in [1.54, 1.807) is 24.3 Å². The number of halogens is 1. The fourth-order valence-electron chi connectivity index (χ4n) is 2.09. The molecule has 1 heterocycles. The third kappa shape index (κ3) is 2.17. The number of carbonyl (C=O) groups is 3. The smallest absolute Gasteiger partial charge is 0.333 e. The van der Waals surface area contributed by atoms with E-state index in [1.807, 2.05) is 0 Å². The van der Waals surface area contributed by atoms with Crippen molar-refractivity contribution in [1.82, 2.24) is 9.80 Å². The van der Waals surface area contributed by atoms with Gasteiger partial charge >= 0.3 is 6.03 Å². The molecule has 6 nitrogen and oxygen atoms in total. The molecule has 0 spiro atoms. The van der Waals surface area contributed by atoms with Gasteiger partial charge in [0.25, 0.3) is 11.8 Å². The van der Waals surface area contributed by atoms with E-state index in [0.717, 1.165) is 9.80 Å². The Morgan fingerprint density at radius 2 is 1.50 bits per heavy atom. The molecule has 1 fully saturated rings. The van der Waals surface area contributed by atoms with Crippen LogP contribution in [-0.4, -0.2) is 52.4 Å². The van der Waals surface area contributed by atoms with E-state index in [-0.39, 0.29) is 6.42 Å². The van der Waals surface area contributed by atoms with Gasteiger partial charge in [-0.15, -0.1) is 0 Å². The van der Waals surface area contributed by atoms with E-state index in [0.29, 0.717) is 10.6 Å². The molecule has 1 saturated heterocycles. The molecule has 0 aromatic heterocycles. The molecule has 0 bridgehead atoms. The van der Waals surface area contributed by atoms with Crippen molar-refractivity contribution >= 4 is 29.4 Å². The minimum Gasteiger partial charge on any atom is -0.371 e. The van der Waals surface area contributed by atoms with Gasteiger partial charge in [0.1, 0.15) is 0 Å². The first-order valence-corrected chi connectivity index (χ1v) is 6.22. The number of rotatable bonds is 2. The highest BCUT2D eigenvalue weighted by Crippen LogP contribution is 2.24. The summed E-state index contributed by atoms with van der Waals surface area (Å²) in [5.74, 6) is -1.86. The van der Waals surface area contributed by atoms with E-state index in [9.17, 15) is 19.5 Å². The number of barbiturate groups is 1. The molecule has 2 rings (SSSR count). The highest BCUT2D eigenvalue weighted by atomic mass is 35.5. The van der Waals surface area contributed by atoms with Crippen molar-refractivity contribution < 1.29 is 19.5 Å². The molecule has 1 aromatic carbocycles. The number of hydrogen-bond acceptors (Lipinski definition) is 4. The van der Waals surface area contributed by atoms with Crippen LogP contribution in [0.3, 0.4) is 0 Å². The van der Waals surface area contributed by atoms with Crippen molar-refractivity contribution in [1.29, 1.82) is 0 Å². The molecule has 1 aromatic rings. The average Bonchev–Trinajstić information content (AvgIpc) is 2.44. The lowest BCUT2D eigenvalue weighted by molar-refractivity contribution is -0.167. The Morgan fingerprint density at radius 1 is 1.05 bits per heavy atom. The number of nitrogens with zero attached hydrogens (tertiary/aromatic N) is 2. The number of carbonyl (C=O) groups excluding carboxylic acids is 3. The maximum atomic E-state index is 12.1. The lowest BCUT2D eigenvalue weighted by atomic mass is 9.90. The SMILES string of the molecule is CN1C(=O)N(C)C(=O)C(O)(Cc2ccc(Cl)cc2)C1=O. The summed E-state index contributed by atoms with van der Waals surface area (Å²) in [6.45, 7) is 0. The van der Waals surface area contributed by atoms with Crippen LogP contribution in [0.25, 0.3) is 0 Å². The summed E-state index contributed by atoms with van der Waals surface area (Å²) < 4.78 is 0. The molecule has 0 radical (unpaired) electrons. The van der Waals surface area contributed by atoms with Crippen molar-refractivity contribution in [2.45, 2.75) is 12.0 Å². The van der Waals surface area contributed by atoms with Gasteiger partial charge < -0.3 is 5.11 Å². The van der Waals surface area contributed by atoms with Crippen LogP contribution < -0.4 is 0 Å². The summed E-state index contributed by atoms with van der Waals surface area (Å²) in [6, 6.07) is 5.64. The molecule has 20 heavy (non-hydrogen) atoms. The highest BCUT2D eigenvalue weighted by Gasteiger charge is 2.54. The zero-order valence-electron chi connectivity index (χ0n) is 11.0. The largest absolute Gasteiger partial charge is 0.371 e. The molecule has 0 aliphatic carbocycles. The number of hydrogen-bond donors (Lipinski definition) is 1. The Bertz CT molecular complexity index is 561. The van der Waals surface area contributed by atoms with Gasteiger partial charge in [-0.2, -0.15) is 0 Å². The number of urea groups is 1. The number of aliphatic hydroxyl groups is 1. The first kappa shape index (κ1) is 14.5. The summed E-state index contributed by atoms with van der Waals surface area (Å²) in [4.78, 5) is 37.2. The molecule has 1 aliphatic rings. The molecule has 1 N–H and O–H groups in total. The molecular formula is C13H13ClN2O4. The van der Waals surface area contributed by atoms with Crippen molar-refractivity contribution in [3.05, 3.63) is 34.9 Å². The van der Waals surface area contributed by atoms with Gasteiger partial charge in [-0.1, -0.05) is 23.7 Å². The van der Waals surface area contributed by atoms with Crippen molar-refractivity contribution in [2.75, 3.05) is 14.1 Å². The molecule has 1 aliphatic heterocycles. The minimum atomic E-state index is -2.27. The quantitative estimate of drug-likeness (QED) is 0.814. The molecule has 0 saturated carbocycles. The second-order valence-electron chi connectivity index (χ2n) is 4.67. The molecule has 7 heteroatoms. The van der Waals surface area contributed by atoms with Gasteiger partial charge in [-0.05, 0) is 17.7 Å². The second-order valence-corrected chi connectivity index (χ2v) is 5.11. The Hall–Kier alpha value is -1.92. The third-order valence-electron chi connectivity index (χ3n) is 3.26. The second kappa shape index (κ2) is 4.88. The first-order chi connectivity index (χ1) is 9.27. The van der Waals surface area contributed by atoms with Gasteiger partial charge in [0, 0.05) is 25.5 Å². The van der Waals surface area contributed by atoms with Gasteiger partial charge in [0.15, 0.2) is 0 Å². The van der Waals surface area contributed by atoms with Crippen molar-refractivity contribution in [2.24, 2.45) is 0 Å². The Balaban J connectivity index is 2.36. The zero-order chi connectivity index (χ0) is 15.1. The lowest BCUT2D eigenvalue weighted by Gasteiger charge is -2.38. The van der Waals surface area contributed by atoms with E-state index in [2.05, 4.69) is 0 Å². The monoisotopic (exact) mass is 296 g/mol. The van der Waals surface area contributed by atoms with Crippen LogP contribution in [0.5, 0.6) is 0 Å². The Kier molecular flexibility index (Phi) is 3.54. The van der Waals surface area contributed by atoms with E-state index >= 15 is 0 Å². The average molecular weight is 297 g/mol. The summed E-state index contributed by atoms with van der Waals surface area (Å²) in [5.41, 5.74) is -1.71. The van der Waals surface area contributed by atoms with E-state index < -0.39 is 23.4 Å². The van der Waals surface area contributed by atoms with Crippen LogP contribution in [0.4, 0.5) is 4.79 Å². The summed E-state index contributed by atoms with van der Waals surface area (Å²) in [5, 5.41) is 10.9. The summed E-state index contributed by atoms with van der Waals surface area (Å²) in [7, 11) is 2.45. The Morgan fingerprint density at radius 3 is 1.95 bits per heavy atom. The molecule has 4 amide bonds. The van der Waals surface area contributed by atoms with Gasteiger partial charge in [0.05, 0.1) is 0 Å². The van der Waals surface area contributed by atoms with Gasteiger partial charge in [0.2, 0.25) is 5.60 Å². The van der Waals surface area contributed by atoms with Crippen LogP contribution in [0.15, 0.2) is 24.3 Å². The predicted molar refractivity (Wildman–Crippen MR) is 71.0 cm³/mol. The standard InChI is InChI=1S/C13H13ClN2O4/c1-15-10(17)13(20,11(18)16(2)12(15)19)7-8-3-5-9(14)6-4-8/h3-6,20H,7H2,1-2H3. The highest BCUT2D eigenvalue weighted by molar-refractivity contribution is 6.30. The number of amides is 4. The number of benzene rings is 1. The number of imide groups is 2. The molecule has 0 atom stereocenters. The van der Waals surface area contributed by atoms with E-state index in [4.69, 9.17) is 11.6 Å². The fraction of sp³-hybridized carbons (Fsp3) is 0.308. The third-order valence-corrected chi connectivity index (χ3v) is 3.52. The van der Waals surface area contributed by atoms with Crippen LogP contribution >= 0.6 is 11.6 Å². The molecule has 0 unspecified atom stereocenters. The molecular weight excluding hydrogens is 284 g/mol. The van der Waals surface area contributed by atoms with Crippen LogP contribution in [0.2, 0.25) is 5.02 Å². The maximum Gasteiger partial charge on any atom is 0.333 e. The molecule has 106 valence electrons. The predicted octanol–water partition coefficient (Wildman–Crippen LogP) is 0.664. The minimum absolute atomic E-state index is 0.218. The lowest BCUT2D eigenvalue weighted by Crippen LogP contribution is -2.67. The van der Waals surface area contributed by atoms with Gasteiger partial charge in [-0.25, -0.2) is 4.79 Å². The van der Waals surface area contributed by atoms with Crippen molar-refractivity contribution in [3.8, 4) is 0 Å². The normalized spacial score (nSPS) is 18.7. The summed E-state index contributed by atoms with van der Waals surface area (Å²) >= 11 is 5.75. The van der Waals surface area contributed by atoms with E-state index in [1.165, 1.54) is 14.1 Å². The summed E-state index contributed by atoms with van der Waals surface area (Å²) in [6.07, 6.45) is -0.218. The fourth-order valence-corrected chi connectivity index (χ4v) is 2.22. The van der Waals surface area contributed by atoms with Crippen LogP contribution in [-0.2, 0) is 16.0 Å². The topological polar surface area (TPSA) is 77.9 Å². The van der Waals surface area contributed by atoms with Crippen molar-refractivity contribution in [3.63, 3.8) is 0 Å². The number of likely N-dealkylation sites (N-methyl/N-ethyl adjacent to an activating group) is 2. The van der Waals surface area contributed by atoms with Gasteiger partial charge in [-0.3, -0.25) is 19.4 Å². The van der Waals surface area contributed by atoms with Crippen LogP contribution in [0.1, 0.15) is 5.56 Å². The van der Waals surface area contributed by atoms with Crippen LogP contribution in [0, 0.1) is 0 Å². The first-order valence-electron chi connectivity index (χ1n) is 5.84.